The van der Waals surface area contributed by atoms with Gasteiger partial charge in [-0.15, -0.1) is 0 Å². The smallest absolute Gasteiger partial charge is 0.139 e. The molecule has 1 aromatic rings. The van der Waals surface area contributed by atoms with Gasteiger partial charge in [0.05, 0.1) is 7.11 Å². The van der Waals surface area contributed by atoms with E-state index in [-0.39, 0.29) is 5.41 Å². The summed E-state index contributed by atoms with van der Waals surface area (Å²) in [5, 5.41) is 0. The molecule has 24 heavy (non-hydrogen) atoms. The van der Waals surface area contributed by atoms with Crippen molar-refractivity contribution in [2.45, 2.75) is 58.8 Å². The number of carbonyl (C=O) groups is 1. The van der Waals surface area contributed by atoms with Gasteiger partial charge in [-0.05, 0) is 79.2 Å². The molecular weight excluding hydrogens is 296 g/mol. The van der Waals surface area contributed by atoms with Gasteiger partial charge >= 0.3 is 0 Å². The Morgan fingerprint density at radius 2 is 2.04 bits per heavy atom. The van der Waals surface area contributed by atoms with Crippen LogP contribution in [-0.4, -0.2) is 12.9 Å². The van der Waals surface area contributed by atoms with Crippen molar-refractivity contribution in [1.29, 1.82) is 0 Å². The zero-order valence-corrected chi connectivity index (χ0v) is 15.2. The normalized spacial score (nSPS) is 28.7. The molecule has 0 amide bonds. The van der Waals surface area contributed by atoms with Gasteiger partial charge in [0.1, 0.15) is 11.5 Å². The number of hydrogen-bond donors (Lipinski definition) is 0. The van der Waals surface area contributed by atoms with Crippen molar-refractivity contribution < 1.29 is 9.53 Å². The molecule has 1 fully saturated rings. The van der Waals surface area contributed by atoms with E-state index in [0.717, 1.165) is 50.7 Å². The lowest BCUT2D eigenvalue weighted by molar-refractivity contribution is -0.128. The number of ether oxygens (including phenoxy) is 1. The summed E-state index contributed by atoms with van der Waals surface area (Å²) in [6.45, 7) is 4.54. The average molecular weight is 324 g/mol. The maximum Gasteiger partial charge on any atom is 0.139 e. The summed E-state index contributed by atoms with van der Waals surface area (Å²) < 4.78 is 5.40. The van der Waals surface area contributed by atoms with Gasteiger partial charge < -0.3 is 4.74 Å². The fourth-order valence-corrected chi connectivity index (χ4v) is 5.72. The molecule has 0 saturated heterocycles. The summed E-state index contributed by atoms with van der Waals surface area (Å²) in [5.74, 6) is 2.61. The molecule has 0 heterocycles. The number of carbonyl (C=O) groups excluding carboxylic acids is 1. The van der Waals surface area contributed by atoms with Crippen LogP contribution in [0.5, 0.6) is 5.75 Å². The monoisotopic (exact) mass is 324 g/mol. The Morgan fingerprint density at radius 1 is 1.21 bits per heavy atom. The largest absolute Gasteiger partial charge is 0.497 e. The van der Waals surface area contributed by atoms with Crippen LogP contribution in [0.1, 0.15) is 63.5 Å². The van der Waals surface area contributed by atoms with Gasteiger partial charge in [-0.1, -0.05) is 25.5 Å². The molecular formula is C22H28O2. The molecule has 0 N–H and O–H groups in total. The summed E-state index contributed by atoms with van der Waals surface area (Å²) >= 11 is 0. The number of hydrogen-bond acceptors (Lipinski definition) is 2. The van der Waals surface area contributed by atoms with Crippen molar-refractivity contribution >= 4 is 11.4 Å². The first-order chi connectivity index (χ1) is 11.5. The molecule has 0 spiro atoms. The predicted molar refractivity (Wildman–Crippen MR) is 97.1 cm³/mol. The maximum atomic E-state index is 12.8. The van der Waals surface area contributed by atoms with E-state index in [9.17, 15) is 4.79 Å². The first kappa shape index (κ1) is 15.9. The number of benzene rings is 1. The van der Waals surface area contributed by atoms with Crippen LogP contribution in [0.3, 0.4) is 0 Å². The van der Waals surface area contributed by atoms with Crippen molar-refractivity contribution in [3.8, 4) is 5.75 Å². The summed E-state index contributed by atoms with van der Waals surface area (Å²) in [4.78, 5) is 12.8. The van der Waals surface area contributed by atoms with Gasteiger partial charge in [0.15, 0.2) is 0 Å². The lowest BCUT2D eigenvalue weighted by atomic mass is 9.59. The molecule has 1 saturated carbocycles. The molecule has 0 aromatic heterocycles. The number of methoxy groups -OCH3 is 1. The zero-order chi connectivity index (χ0) is 16.9. The van der Waals surface area contributed by atoms with Crippen LogP contribution in [0.2, 0.25) is 0 Å². The molecule has 128 valence electrons. The van der Waals surface area contributed by atoms with E-state index in [2.05, 4.69) is 32.0 Å². The molecule has 1 aromatic carbocycles. The highest BCUT2D eigenvalue weighted by Crippen LogP contribution is 2.59. The summed E-state index contributed by atoms with van der Waals surface area (Å²) in [5.41, 5.74) is 5.98. The molecule has 3 aliphatic rings. The molecule has 0 bridgehead atoms. The Hall–Kier alpha value is -1.57. The third-order valence-electron chi connectivity index (χ3n) is 6.59. The van der Waals surface area contributed by atoms with Crippen molar-refractivity contribution in [3.63, 3.8) is 0 Å². The predicted octanol–water partition coefficient (Wildman–Crippen LogP) is 5.20. The Bertz CT molecular complexity index is 713. The third kappa shape index (κ3) is 2.26. The highest BCUT2D eigenvalue weighted by atomic mass is 16.5. The van der Waals surface area contributed by atoms with E-state index in [1.165, 1.54) is 11.1 Å². The topological polar surface area (TPSA) is 26.3 Å². The average Bonchev–Trinajstić information content (AvgIpc) is 2.90. The molecule has 4 rings (SSSR count). The van der Waals surface area contributed by atoms with Crippen molar-refractivity contribution in [1.82, 2.24) is 0 Å². The van der Waals surface area contributed by atoms with Gasteiger partial charge in [0, 0.05) is 11.8 Å². The quantitative estimate of drug-likeness (QED) is 0.764. The van der Waals surface area contributed by atoms with Gasteiger partial charge in [-0.2, -0.15) is 0 Å². The Kier molecular flexibility index (Phi) is 3.82. The van der Waals surface area contributed by atoms with E-state index in [1.54, 1.807) is 18.3 Å². The number of ketones is 1. The second-order valence-corrected chi connectivity index (χ2v) is 8.30. The molecule has 0 radical (unpaired) electrons. The second kappa shape index (κ2) is 5.75. The number of rotatable bonds is 3. The number of aryl methyl sites for hydroxylation is 1. The minimum atomic E-state index is -0.0447. The van der Waals surface area contributed by atoms with Crippen molar-refractivity contribution in [3.05, 3.63) is 34.9 Å². The first-order valence-electron chi connectivity index (χ1n) is 9.47. The Balaban J connectivity index is 1.77. The number of fused-ring (bicyclic) bond motifs is 4. The fourth-order valence-electron chi connectivity index (χ4n) is 5.72. The SMILES string of the molecule is COc1ccc2c(c1)CCC1=C2CC[C@]2(CC(C)C)C(=O)CC[C@@H]12. The molecule has 2 heteroatoms. The van der Waals surface area contributed by atoms with Crippen LogP contribution in [0, 0.1) is 17.3 Å². The van der Waals surface area contributed by atoms with Gasteiger partial charge in [-0.3, -0.25) is 4.79 Å². The standard InChI is InChI=1S/C22H28O2/c1-14(2)13-22-11-10-18-17-7-5-16(24-3)12-15(17)4-6-19(18)20(22)8-9-21(22)23/h5,7,12,14,20H,4,6,8-11,13H2,1-3H3/t20-,22+/m0/s1. The molecule has 0 aliphatic heterocycles. The van der Waals surface area contributed by atoms with Crippen LogP contribution in [0.4, 0.5) is 0 Å². The van der Waals surface area contributed by atoms with Crippen LogP contribution in [0.15, 0.2) is 23.8 Å². The van der Waals surface area contributed by atoms with Crippen LogP contribution >= 0.6 is 0 Å². The first-order valence-corrected chi connectivity index (χ1v) is 9.47. The molecule has 3 aliphatic carbocycles. The highest BCUT2D eigenvalue weighted by Gasteiger charge is 2.53. The van der Waals surface area contributed by atoms with E-state index >= 15 is 0 Å². The van der Waals surface area contributed by atoms with Crippen LogP contribution in [-0.2, 0) is 11.2 Å². The second-order valence-electron chi connectivity index (χ2n) is 8.30. The Labute approximate surface area is 145 Å². The summed E-state index contributed by atoms with van der Waals surface area (Å²) in [7, 11) is 1.74. The van der Waals surface area contributed by atoms with E-state index in [1.807, 2.05) is 0 Å². The lowest BCUT2D eigenvalue weighted by Crippen LogP contribution is -2.38. The molecule has 0 unspecified atom stereocenters. The molecule has 2 atom stereocenters. The van der Waals surface area contributed by atoms with Crippen LogP contribution < -0.4 is 4.74 Å². The van der Waals surface area contributed by atoms with Crippen molar-refractivity contribution in [2.75, 3.05) is 7.11 Å². The van der Waals surface area contributed by atoms with E-state index in [4.69, 9.17) is 4.74 Å². The van der Waals surface area contributed by atoms with Crippen molar-refractivity contribution in [2.24, 2.45) is 17.3 Å². The van der Waals surface area contributed by atoms with Gasteiger partial charge in [-0.25, -0.2) is 0 Å². The summed E-state index contributed by atoms with van der Waals surface area (Å²) in [6.07, 6.45) is 7.30. The van der Waals surface area contributed by atoms with E-state index < -0.39 is 0 Å². The minimum absolute atomic E-state index is 0.0447. The summed E-state index contributed by atoms with van der Waals surface area (Å²) in [6, 6.07) is 6.54. The number of allylic oxidation sites excluding steroid dienone is 2. The zero-order valence-electron chi connectivity index (χ0n) is 15.2. The lowest BCUT2D eigenvalue weighted by Gasteiger charge is -2.44. The van der Waals surface area contributed by atoms with E-state index in [0.29, 0.717) is 17.6 Å². The molecule has 2 nitrogen and oxygen atoms in total. The third-order valence-corrected chi connectivity index (χ3v) is 6.59. The fraction of sp³-hybridized carbons (Fsp3) is 0.591. The minimum Gasteiger partial charge on any atom is -0.497 e. The van der Waals surface area contributed by atoms with Gasteiger partial charge in [0.25, 0.3) is 0 Å². The van der Waals surface area contributed by atoms with Gasteiger partial charge in [0.2, 0.25) is 0 Å². The number of Topliss-reactive ketones (excluding diaryl/α,β-unsaturated/α-hetero) is 1. The Morgan fingerprint density at radius 3 is 2.79 bits per heavy atom. The van der Waals surface area contributed by atoms with Crippen LogP contribution in [0.25, 0.3) is 5.57 Å². The highest BCUT2D eigenvalue weighted by molar-refractivity contribution is 5.90. The maximum absolute atomic E-state index is 12.8.